The average molecular weight is 544 g/mol. The topological polar surface area (TPSA) is 97.7 Å². The van der Waals surface area contributed by atoms with Crippen LogP contribution in [0.5, 0.6) is 5.75 Å². The highest BCUT2D eigenvalue weighted by Crippen LogP contribution is 2.39. The zero-order valence-corrected chi connectivity index (χ0v) is 21.7. The molecule has 0 bridgehead atoms. The number of rotatable bonds is 5. The first-order chi connectivity index (χ1) is 17.1. The number of ether oxygens (including phenoxy) is 1. The summed E-state index contributed by atoms with van der Waals surface area (Å²) in [6.45, 7) is 3.63. The van der Waals surface area contributed by atoms with E-state index in [4.69, 9.17) is 16.3 Å². The van der Waals surface area contributed by atoms with Gasteiger partial charge in [0.05, 0.1) is 27.3 Å². The minimum Gasteiger partial charge on any atom is -0.476 e. The maximum atomic E-state index is 13.5. The molecule has 0 aliphatic carbocycles. The number of nitrogens with one attached hydrogen (secondary N) is 1. The van der Waals surface area contributed by atoms with Gasteiger partial charge in [0.25, 0.3) is 15.9 Å². The molecule has 0 radical (unpaired) electrons. The third-order valence-electron chi connectivity index (χ3n) is 5.81. The van der Waals surface area contributed by atoms with Crippen molar-refractivity contribution >= 4 is 60.5 Å². The van der Waals surface area contributed by atoms with Crippen molar-refractivity contribution in [2.75, 3.05) is 16.2 Å². The van der Waals surface area contributed by atoms with Crippen LogP contribution in [0.4, 0.5) is 11.4 Å². The average Bonchev–Trinajstić information content (AvgIpc) is 3.18. The van der Waals surface area contributed by atoms with E-state index in [1.54, 1.807) is 53.1 Å². The van der Waals surface area contributed by atoms with Gasteiger partial charge in [-0.3, -0.25) is 18.5 Å². The summed E-state index contributed by atoms with van der Waals surface area (Å²) in [7, 11) is -3.99. The van der Waals surface area contributed by atoms with Gasteiger partial charge in [-0.05, 0) is 62.4 Å². The molecule has 4 aromatic rings. The maximum absolute atomic E-state index is 13.5. The molecule has 11 heteroatoms. The Hall–Kier alpha value is -3.34. The van der Waals surface area contributed by atoms with Crippen LogP contribution in [0.2, 0.25) is 5.02 Å². The van der Waals surface area contributed by atoms with E-state index in [0.29, 0.717) is 10.7 Å². The van der Waals surface area contributed by atoms with Crippen LogP contribution in [-0.2, 0) is 14.8 Å². The largest absolute Gasteiger partial charge is 0.476 e. The van der Waals surface area contributed by atoms with Gasteiger partial charge in [0, 0.05) is 16.8 Å². The molecule has 1 atom stereocenters. The first-order valence-corrected chi connectivity index (χ1v) is 13.8. The summed E-state index contributed by atoms with van der Waals surface area (Å²) in [5.41, 5.74) is 1.53. The molecule has 2 heterocycles. The molecule has 1 N–H and O–H groups in total. The number of amides is 1. The number of carbonyl (C=O) groups is 1. The number of sulfonamides is 1. The normalized spacial score (nSPS) is 15.6. The van der Waals surface area contributed by atoms with E-state index >= 15 is 0 Å². The summed E-state index contributed by atoms with van der Waals surface area (Å²) in [4.78, 5) is 25.6. The lowest BCUT2D eigenvalue weighted by atomic mass is 10.2. The van der Waals surface area contributed by atoms with E-state index in [9.17, 15) is 18.0 Å². The molecule has 8 nitrogen and oxygen atoms in total. The Labute approximate surface area is 216 Å². The van der Waals surface area contributed by atoms with Gasteiger partial charge in [-0.25, -0.2) is 8.42 Å². The molecule has 1 amide bonds. The SMILES string of the molecule is CC(C)n1c(=O)sc2cc(NC(=O)C3CN(S(=O)(=O)c4ccccc4)c4cc(Cl)ccc4O3)ccc21. The molecular formula is C25H22ClN3O5S2. The number of hydrogen-bond acceptors (Lipinski definition) is 6. The highest BCUT2D eigenvalue weighted by molar-refractivity contribution is 7.92. The van der Waals surface area contributed by atoms with Gasteiger partial charge < -0.3 is 10.1 Å². The minimum atomic E-state index is -3.99. The second kappa shape index (κ2) is 9.27. The van der Waals surface area contributed by atoms with Gasteiger partial charge in [0.2, 0.25) is 0 Å². The number of fused-ring (bicyclic) bond motifs is 2. The van der Waals surface area contributed by atoms with Crippen LogP contribution < -0.4 is 19.2 Å². The predicted molar refractivity (Wildman–Crippen MR) is 142 cm³/mol. The Bertz CT molecular complexity index is 1630. The minimum absolute atomic E-state index is 0.00782. The fraction of sp³-hybridized carbons (Fsp3) is 0.200. The number of benzene rings is 3. The lowest BCUT2D eigenvalue weighted by molar-refractivity contribution is -0.122. The van der Waals surface area contributed by atoms with Gasteiger partial charge in [-0.15, -0.1) is 0 Å². The van der Waals surface area contributed by atoms with E-state index in [2.05, 4.69) is 5.32 Å². The Morgan fingerprint density at radius 1 is 1.11 bits per heavy atom. The molecule has 0 saturated heterocycles. The zero-order chi connectivity index (χ0) is 25.6. The fourth-order valence-electron chi connectivity index (χ4n) is 4.13. The molecular weight excluding hydrogens is 522 g/mol. The Morgan fingerprint density at radius 3 is 2.58 bits per heavy atom. The van der Waals surface area contributed by atoms with Crippen molar-refractivity contribution in [3.05, 3.63) is 81.4 Å². The monoisotopic (exact) mass is 543 g/mol. The van der Waals surface area contributed by atoms with Crippen molar-refractivity contribution in [1.29, 1.82) is 0 Å². The Morgan fingerprint density at radius 2 is 1.86 bits per heavy atom. The number of carbonyl (C=O) groups excluding carboxylic acids is 1. The molecule has 1 aromatic heterocycles. The lowest BCUT2D eigenvalue weighted by Crippen LogP contribution is -2.48. The summed E-state index contributed by atoms with van der Waals surface area (Å²) in [6.07, 6.45) is -1.12. The van der Waals surface area contributed by atoms with Crippen LogP contribution in [0.25, 0.3) is 10.2 Å². The van der Waals surface area contributed by atoms with Gasteiger partial charge in [0.15, 0.2) is 6.10 Å². The molecule has 0 fully saturated rings. The molecule has 1 unspecified atom stereocenters. The molecule has 0 saturated carbocycles. The number of thiazole rings is 1. The van der Waals surface area contributed by atoms with Crippen LogP contribution in [0.3, 0.4) is 0 Å². The van der Waals surface area contributed by atoms with E-state index in [0.717, 1.165) is 25.9 Å². The Kier molecular flexibility index (Phi) is 6.27. The van der Waals surface area contributed by atoms with E-state index in [1.165, 1.54) is 18.2 Å². The molecule has 1 aliphatic heterocycles. The van der Waals surface area contributed by atoms with Crippen LogP contribution in [0, 0.1) is 0 Å². The van der Waals surface area contributed by atoms with Gasteiger partial charge in [-0.1, -0.05) is 41.1 Å². The zero-order valence-electron chi connectivity index (χ0n) is 19.3. The predicted octanol–water partition coefficient (Wildman–Crippen LogP) is 4.89. The van der Waals surface area contributed by atoms with Crippen LogP contribution in [-0.4, -0.2) is 31.5 Å². The quantitative estimate of drug-likeness (QED) is 0.386. The van der Waals surface area contributed by atoms with Crippen molar-refractivity contribution in [2.45, 2.75) is 30.9 Å². The number of halogens is 1. The third kappa shape index (κ3) is 4.36. The summed E-state index contributed by atoms with van der Waals surface area (Å²) in [6, 6.07) is 17.8. The highest BCUT2D eigenvalue weighted by Gasteiger charge is 2.37. The standard InChI is InChI=1S/C25H22ClN3O5S2/c1-15(2)29-19-10-9-17(13-23(19)35-25(29)31)27-24(30)22-14-28(20-12-16(26)8-11-21(20)34-22)36(32,33)18-6-4-3-5-7-18/h3-13,15,22H,14H2,1-2H3,(H,27,30). The van der Waals surface area contributed by atoms with Gasteiger partial charge in [0.1, 0.15) is 5.75 Å². The van der Waals surface area contributed by atoms with Crippen molar-refractivity contribution in [3.63, 3.8) is 0 Å². The maximum Gasteiger partial charge on any atom is 0.308 e. The van der Waals surface area contributed by atoms with Crippen molar-refractivity contribution in [1.82, 2.24) is 4.57 Å². The fourth-order valence-corrected chi connectivity index (χ4v) is 6.84. The first kappa shape index (κ1) is 24.4. The lowest BCUT2D eigenvalue weighted by Gasteiger charge is -2.34. The first-order valence-electron chi connectivity index (χ1n) is 11.1. The Balaban J connectivity index is 1.46. The number of aromatic nitrogens is 1. The van der Waals surface area contributed by atoms with Crippen molar-refractivity contribution in [3.8, 4) is 5.75 Å². The second-order valence-corrected chi connectivity index (χ2v) is 11.9. The summed E-state index contributed by atoms with van der Waals surface area (Å²) < 4.78 is 36.5. The van der Waals surface area contributed by atoms with E-state index < -0.39 is 22.0 Å². The van der Waals surface area contributed by atoms with Gasteiger partial charge >= 0.3 is 4.87 Å². The van der Waals surface area contributed by atoms with E-state index in [-0.39, 0.29) is 33.8 Å². The number of nitrogens with zero attached hydrogens (tertiary/aromatic N) is 2. The smallest absolute Gasteiger partial charge is 0.308 e. The molecule has 3 aromatic carbocycles. The third-order valence-corrected chi connectivity index (χ3v) is 8.76. The van der Waals surface area contributed by atoms with Crippen LogP contribution in [0.15, 0.2) is 76.4 Å². The highest BCUT2D eigenvalue weighted by atomic mass is 35.5. The van der Waals surface area contributed by atoms with Crippen LogP contribution >= 0.6 is 22.9 Å². The van der Waals surface area contributed by atoms with Crippen LogP contribution in [0.1, 0.15) is 19.9 Å². The molecule has 5 rings (SSSR count). The molecule has 0 spiro atoms. The van der Waals surface area contributed by atoms with Crippen molar-refractivity contribution in [2.24, 2.45) is 0 Å². The summed E-state index contributed by atoms with van der Waals surface area (Å²) >= 11 is 7.25. The molecule has 186 valence electrons. The molecule has 1 aliphatic rings. The number of hydrogen-bond donors (Lipinski definition) is 1. The second-order valence-electron chi connectivity index (χ2n) is 8.57. The number of anilines is 2. The summed E-state index contributed by atoms with van der Waals surface area (Å²) in [5.74, 6) is -0.285. The molecule has 36 heavy (non-hydrogen) atoms. The van der Waals surface area contributed by atoms with E-state index in [1.807, 2.05) is 13.8 Å². The van der Waals surface area contributed by atoms with Crippen molar-refractivity contribution < 1.29 is 17.9 Å². The van der Waals surface area contributed by atoms with Gasteiger partial charge in [-0.2, -0.15) is 0 Å². The summed E-state index contributed by atoms with van der Waals surface area (Å²) in [5, 5.41) is 3.14.